The Morgan fingerprint density at radius 3 is 2.50 bits per heavy atom. The minimum absolute atomic E-state index is 0.172. The lowest BCUT2D eigenvalue weighted by atomic mass is 9.99. The van der Waals surface area contributed by atoms with E-state index in [1.807, 2.05) is 12.1 Å². The number of hydrogen-bond acceptors (Lipinski definition) is 2. The summed E-state index contributed by atoms with van der Waals surface area (Å²) in [6.45, 7) is 4.38. The van der Waals surface area contributed by atoms with Crippen molar-refractivity contribution >= 4 is 11.3 Å². The summed E-state index contributed by atoms with van der Waals surface area (Å²) in [6, 6.07) is 9.63. The first kappa shape index (κ1) is 15.2. The number of hydrogen-bond donors (Lipinski definition) is 1. The first-order valence-corrected chi connectivity index (χ1v) is 8.18. The van der Waals surface area contributed by atoms with E-state index in [1.165, 1.54) is 24.0 Å². The molecule has 0 amide bonds. The van der Waals surface area contributed by atoms with Crippen LogP contribution >= 0.6 is 11.3 Å². The maximum absolute atomic E-state index is 13.1. The van der Waals surface area contributed by atoms with Crippen molar-refractivity contribution in [2.24, 2.45) is 0 Å². The number of benzene rings is 1. The molecule has 0 aliphatic heterocycles. The molecular weight excluding hydrogens is 269 g/mol. The quantitative estimate of drug-likeness (QED) is 0.713. The number of halogens is 1. The van der Waals surface area contributed by atoms with Crippen LogP contribution in [0.25, 0.3) is 0 Å². The van der Waals surface area contributed by atoms with Gasteiger partial charge in [-0.25, -0.2) is 4.39 Å². The summed E-state index contributed by atoms with van der Waals surface area (Å²) in [4.78, 5) is 0. The van der Waals surface area contributed by atoms with Gasteiger partial charge in [0.25, 0.3) is 0 Å². The Labute approximate surface area is 124 Å². The van der Waals surface area contributed by atoms with Gasteiger partial charge >= 0.3 is 0 Å². The minimum Gasteiger partial charge on any atom is -0.303 e. The molecule has 108 valence electrons. The lowest BCUT2D eigenvalue weighted by Gasteiger charge is -2.23. The first-order chi connectivity index (χ1) is 9.70. The second-order valence-corrected chi connectivity index (χ2v) is 5.97. The van der Waals surface area contributed by atoms with Crippen molar-refractivity contribution < 1.29 is 4.39 Å². The van der Waals surface area contributed by atoms with Crippen molar-refractivity contribution in [3.8, 4) is 0 Å². The lowest BCUT2D eigenvalue weighted by Crippen LogP contribution is -2.24. The summed E-state index contributed by atoms with van der Waals surface area (Å²) < 4.78 is 13.1. The molecule has 1 aromatic carbocycles. The fourth-order valence-electron chi connectivity index (χ4n) is 2.37. The number of unbranched alkanes of at least 4 members (excludes halogenated alkanes) is 1. The predicted octanol–water partition coefficient (Wildman–Crippen LogP) is 5.47. The molecule has 0 saturated carbocycles. The SMILES string of the molecule is CCCCC(NC(C)c1ccsc1)c1ccc(F)cc1. The van der Waals surface area contributed by atoms with Crippen LogP contribution in [0.5, 0.6) is 0 Å². The smallest absolute Gasteiger partial charge is 0.123 e. The summed E-state index contributed by atoms with van der Waals surface area (Å²) in [5, 5.41) is 7.96. The molecule has 0 aliphatic rings. The second-order valence-electron chi connectivity index (χ2n) is 5.19. The molecule has 2 unspecified atom stereocenters. The highest BCUT2D eigenvalue weighted by atomic mass is 32.1. The third kappa shape index (κ3) is 4.15. The van der Waals surface area contributed by atoms with Crippen molar-refractivity contribution in [1.82, 2.24) is 5.32 Å². The van der Waals surface area contributed by atoms with Gasteiger partial charge < -0.3 is 5.32 Å². The minimum atomic E-state index is -0.172. The van der Waals surface area contributed by atoms with Gasteiger partial charge in [0.15, 0.2) is 0 Å². The molecular formula is C17H22FNS. The largest absolute Gasteiger partial charge is 0.303 e. The highest BCUT2D eigenvalue weighted by molar-refractivity contribution is 7.07. The predicted molar refractivity (Wildman–Crippen MR) is 84.5 cm³/mol. The third-order valence-corrected chi connectivity index (χ3v) is 4.31. The van der Waals surface area contributed by atoms with E-state index in [4.69, 9.17) is 0 Å². The standard InChI is InChI=1S/C17H22FNS/c1-3-4-5-17(14-6-8-16(18)9-7-14)19-13(2)15-10-11-20-12-15/h6-13,17,19H,3-5H2,1-2H3. The zero-order valence-corrected chi connectivity index (χ0v) is 12.9. The van der Waals surface area contributed by atoms with E-state index in [0.717, 1.165) is 6.42 Å². The van der Waals surface area contributed by atoms with Gasteiger partial charge in [0.2, 0.25) is 0 Å². The molecule has 0 spiro atoms. The van der Waals surface area contributed by atoms with Crippen LogP contribution < -0.4 is 5.32 Å². The van der Waals surface area contributed by atoms with Gasteiger partial charge in [-0.3, -0.25) is 0 Å². The van der Waals surface area contributed by atoms with E-state index in [-0.39, 0.29) is 11.9 Å². The summed E-state index contributed by atoms with van der Waals surface area (Å²) >= 11 is 1.72. The normalized spacial score (nSPS) is 14.2. The van der Waals surface area contributed by atoms with E-state index in [9.17, 15) is 4.39 Å². The van der Waals surface area contributed by atoms with E-state index < -0.39 is 0 Å². The molecule has 20 heavy (non-hydrogen) atoms. The Bertz CT molecular complexity index is 492. The second kappa shape index (κ2) is 7.55. The number of nitrogens with one attached hydrogen (secondary N) is 1. The van der Waals surface area contributed by atoms with Gasteiger partial charge in [0.05, 0.1) is 0 Å². The molecule has 0 bridgehead atoms. The third-order valence-electron chi connectivity index (χ3n) is 3.61. The van der Waals surface area contributed by atoms with E-state index in [0.29, 0.717) is 6.04 Å². The first-order valence-electron chi connectivity index (χ1n) is 7.24. The zero-order chi connectivity index (χ0) is 14.4. The Kier molecular flexibility index (Phi) is 5.74. The average Bonchev–Trinajstić information content (AvgIpc) is 2.98. The fourth-order valence-corrected chi connectivity index (χ4v) is 3.12. The van der Waals surface area contributed by atoms with Gasteiger partial charge in [-0.2, -0.15) is 11.3 Å². The van der Waals surface area contributed by atoms with E-state index in [1.54, 1.807) is 23.5 Å². The van der Waals surface area contributed by atoms with Crippen LogP contribution in [0, 0.1) is 5.82 Å². The summed E-state index contributed by atoms with van der Waals surface area (Å²) in [5.41, 5.74) is 2.49. The highest BCUT2D eigenvalue weighted by Crippen LogP contribution is 2.25. The Morgan fingerprint density at radius 2 is 1.90 bits per heavy atom. The molecule has 2 aromatic rings. The summed E-state index contributed by atoms with van der Waals surface area (Å²) in [6.07, 6.45) is 3.42. The van der Waals surface area contributed by atoms with Crippen LogP contribution in [-0.2, 0) is 0 Å². The summed E-state index contributed by atoms with van der Waals surface area (Å²) in [5.74, 6) is -0.172. The van der Waals surface area contributed by atoms with Gasteiger partial charge in [-0.05, 0) is 53.4 Å². The molecule has 0 saturated heterocycles. The number of thiophene rings is 1. The van der Waals surface area contributed by atoms with Gasteiger partial charge in [0, 0.05) is 12.1 Å². The van der Waals surface area contributed by atoms with Crippen LogP contribution in [-0.4, -0.2) is 0 Å². The van der Waals surface area contributed by atoms with Crippen LogP contribution in [0.1, 0.15) is 56.3 Å². The molecule has 0 aliphatic carbocycles. The average molecular weight is 291 g/mol. The Hall–Kier alpha value is -1.19. The molecule has 3 heteroatoms. The van der Waals surface area contributed by atoms with Crippen LogP contribution in [0.2, 0.25) is 0 Å². The van der Waals surface area contributed by atoms with Gasteiger partial charge in [-0.15, -0.1) is 0 Å². The van der Waals surface area contributed by atoms with Crippen molar-refractivity contribution in [2.75, 3.05) is 0 Å². The van der Waals surface area contributed by atoms with E-state index in [2.05, 4.69) is 36.0 Å². The maximum atomic E-state index is 13.1. The molecule has 1 N–H and O–H groups in total. The van der Waals surface area contributed by atoms with Crippen molar-refractivity contribution in [3.05, 3.63) is 58.0 Å². The molecule has 1 aromatic heterocycles. The van der Waals surface area contributed by atoms with Crippen LogP contribution in [0.3, 0.4) is 0 Å². The van der Waals surface area contributed by atoms with Crippen molar-refractivity contribution in [1.29, 1.82) is 0 Å². The van der Waals surface area contributed by atoms with Crippen LogP contribution in [0.4, 0.5) is 4.39 Å². The molecule has 1 heterocycles. The molecule has 2 rings (SSSR count). The summed E-state index contributed by atoms with van der Waals surface area (Å²) in [7, 11) is 0. The lowest BCUT2D eigenvalue weighted by molar-refractivity contribution is 0.431. The van der Waals surface area contributed by atoms with Crippen molar-refractivity contribution in [2.45, 2.75) is 45.2 Å². The van der Waals surface area contributed by atoms with Gasteiger partial charge in [0.1, 0.15) is 5.82 Å². The fraction of sp³-hybridized carbons (Fsp3) is 0.412. The van der Waals surface area contributed by atoms with E-state index >= 15 is 0 Å². The highest BCUT2D eigenvalue weighted by Gasteiger charge is 2.15. The number of rotatable bonds is 7. The van der Waals surface area contributed by atoms with Crippen molar-refractivity contribution in [3.63, 3.8) is 0 Å². The Balaban J connectivity index is 2.08. The zero-order valence-electron chi connectivity index (χ0n) is 12.1. The monoisotopic (exact) mass is 291 g/mol. The molecule has 0 fully saturated rings. The molecule has 1 nitrogen and oxygen atoms in total. The Morgan fingerprint density at radius 1 is 1.15 bits per heavy atom. The molecule has 0 radical (unpaired) electrons. The topological polar surface area (TPSA) is 12.0 Å². The van der Waals surface area contributed by atoms with Gasteiger partial charge in [-0.1, -0.05) is 31.9 Å². The maximum Gasteiger partial charge on any atom is 0.123 e. The van der Waals surface area contributed by atoms with Crippen LogP contribution in [0.15, 0.2) is 41.1 Å². The molecule has 2 atom stereocenters.